The Hall–Kier alpha value is -2.14. The molecular weight excluding hydrogens is 290 g/mol. The van der Waals surface area contributed by atoms with Crippen molar-refractivity contribution in [2.75, 3.05) is 11.4 Å². The van der Waals surface area contributed by atoms with E-state index >= 15 is 0 Å². The van der Waals surface area contributed by atoms with Gasteiger partial charge in [0.05, 0.1) is 23.0 Å². The summed E-state index contributed by atoms with van der Waals surface area (Å²) in [6, 6.07) is 10.8. The molecule has 0 aliphatic heterocycles. The number of halogens is 1. The minimum Gasteiger partial charge on any atom is -0.366 e. The summed E-state index contributed by atoms with van der Waals surface area (Å²) in [7, 11) is 0. The molecule has 2 aromatic rings. The Labute approximate surface area is 128 Å². The van der Waals surface area contributed by atoms with Crippen LogP contribution in [0.1, 0.15) is 18.2 Å². The van der Waals surface area contributed by atoms with E-state index in [0.29, 0.717) is 12.1 Å². The van der Waals surface area contributed by atoms with Crippen LogP contribution < -0.4 is 4.90 Å². The van der Waals surface area contributed by atoms with Crippen LogP contribution in [0.3, 0.4) is 0 Å². The number of nitro benzene ring substituents is 1. The van der Waals surface area contributed by atoms with Gasteiger partial charge in [0.1, 0.15) is 0 Å². The zero-order chi connectivity index (χ0) is 15.2. The van der Waals surface area contributed by atoms with Crippen molar-refractivity contribution >= 4 is 23.0 Å². The molecule has 0 unspecified atom stereocenters. The van der Waals surface area contributed by atoms with E-state index in [1.54, 1.807) is 18.3 Å². The van der Waals surface area contributed by atoms with E-state index in [2.05, 4.69) is 9.88 Å². The predicted octanol–water partition coefficient (Wildman–Crippen LogP) is 3.76. The van der Waals surface area contributed by atoms with Gasteiger partial charge in [-0.2, -0.15) is 0 Å². The molecule has 0 aliphatic carbocycles. The van der Waals surface area contributed by atoms with E-state index in [1.165, 1.54) is 6.07 Å². The highest BCUT2D eigenvalue weighted by Gasteiger charge is 2.15. The van der Waals surface area contributed by atoms with E-state index in [-0.39, 0.29) is 11.6 Å². The van der Waals surface area contributed by atoms with Crippen LogP contribution in [0, 0.1) is 10.1 Å². The Morgan fingerprint density at radius 3 is 2.71 bits per heavy atom. The number of alkyl halides is 1. The molecule has 1 aromatic heterocycles. The lowest BCUT2D eigenvalue weighted by Gasteiger charge is -2.23. The van der Waals surface area contributed by atoms with Crippen molar-refractivity contribution in [3.8, 4) is 0 Å². The zero-order valence-corrected chi connectivity index (χ0v) is 12.5. The van der Waals surface area contributed by atoms with Crippen LogP contribution >= 0.6 is 11.6 Å². The third kappa shape index (κ3) is 3.70. The van der Waals surface area contributed by atoms with Gasteiger partial charge < -0.3 is 4.90 Å². The van der Waals surface area contributed by atoms with Gasteiger partial charge in [-0.05, 0) is 31.2 Å². The van der Waals surface area contributed by atoms with Gasteiger partial charge in [-0.25, -0.2) is 0 Å². The van der Waals surface area contributed by atoms with E-state index in [9.17, 15) is 10.1 Å². The number of aromatic nitrogens is 1. The predicted molar refractivity (Wildman–Crippen MR) is 83.6 cm³/mol. The third-order valence-corrected chi connectivity index (χ3v) is 3.52. The van der Waals surface area contributed by atoms with Crippen molar-refractivity contribution in [1.82, 2.24) is 4.98 Å². The van der Waals surface area contributed by atoms with E-state index in [0.717, 1.165) is 17.9 Å². The highest BCUT2D eigenvalue weighted by molar-refractivity contribution is 6.17. The lowest BCUT2D eigenvalue weighted by Crippen LogP contribution is -2.22. The van der Waals surface area contributed by atoms with Crippen LogP contribution in [0.5, 0.6) is 0 Å². The second-order valence-electron chi connectivity index (χ2n) is 4.54. The molecule has 0 saturated heterocycles. The van der Waals surface area contributed by atoms with Gasteiger partial charge in [0.25, 0.3) is 5.69 Å². The largest absolute Gasteiger partial charge is 0.366 e. The Bertz CT molecular complexity index is 620. The number of nitro groups is 1. The average Bonchev–Trinajstić information content (AvgIpc) is 2.52. The maximum absolute atomic E-state index is 10.9. The fourth-order valence-electron chi connectivity index (χ4n) is 2.13. The second-order valence-corrected chi connectivity index (χ2v) is 4.81. The molecule has 21 heavy (non-hydrogen) atoms. The smallest absolute Gasteiger partial charge is 0.273 e. The Morgan fingerprint density at radius 1 is 1.33 bits per heavy atom. The SMILES string of the molecule is CCN(Cc1ccccn1)c1ccc([N+](=O)[O-])c(CCl)c1. The molecule has 0 amide bonds. The van der Waals surface area contributed by atoms with Gasteiger partial charge in [0.2, 0.25) is 0 Å². The maximum Gasteiger partial charge on any atom is 0.273 e. The van der Waals surface area contributed by atoms with Gasteiger partial charge in [-0.1, -0.05) is 6.07 Å². The summed E-state index contributed by atoms with van der Waals surface area (Å²) in [6.45, 7) is 3.46. The molecule has 2 rings (SSSR count). The molecule has 0 N–H and O–H groups in total. The van der Waals surface area contributed by atoms with Gasteiger partial charge in [-0.3, -0.25) is 15.1 Å². The molecule has 0 bridgehead atoms. The number of hydrogen-bond acceptors (Lipinski definition) is 4. The summed E-state index contributed by atoms with van der Waals surface area (Å²) in [6.07, 6.45) is 1.75. The molecule has 0 spiro atoms. The van der Waals surface area contributed by atoms with Gasteiger partial charge in [0, 0.05) is 30.1 Å². The fourth-order valence-corrected chi connectivity index (χ4v) is 2.34. The second kappa shape index (κ2) is 7.04. The number of pyridine rings is 1. The number of anilines is 1. The van der Waals surface area contributed by atoms with Crippen LogP contribution in [0.25, 0.3) is 0 Å². The summed E-state index contributed by atoms with van der Waals surface area (Å²) >= 11 is 5.82. The fraction of sp³-hybridized carbons (Fsp3) is 0.267. The maximum atomic E-state index is 10.9. The lowest BCUT2D eigenvalue weighted by molar-refractivity contribution is -0.385. The molecule has 6 heteroatoms. The Kier molecular flexibility index (Phi) is 5.11. The summed E-state index contributed by atoms with van der Waals surface area (Å²) in [4.78, 5) is 16.9. The topological polar surface area (TPSA) is 59.3 Å². The average molecular weight is 306 g/mol. The van der Waals surface area contributed by atoms with Crippen molar-refractivity contribution in [3.63, 3.8) is 0 Å². The first kappa shape index (κ1) is 15.3. The van der Waals surface area contributed by atoms with E-state index in [4.69, 9.17) is 11.6 Å². The van der Waals surface area contributed by atoms with Crippen molar-refractivity contribution in [3.05, 3.63) is 64.0 Å². The first-order valence-corrected chi connectivity index (χ1v) is 7.17. The molecule has 0 saturated carbocycles. The molecule has 0 aliphatic rings. The summed E-state index contributed by atoms with van der Waals surface area (Å²) in [5.74, 6) is 0.116. The molecule has 0 fully saturated rings. The molecule has 110 valence electrons. The summed E-state index contributed by atoms with van der Waals surface area (Å²) < 4.78 is 0. The first-order valence-electron chi connectivity index (χ1n) is 6.63. The van der Waals surface area contributed by atoms with Crippen molar-refractivity contribution < 1.29 is 4.92 Å². The monoisotopic (exact) mass is 305 g/mol. The molecule has 0 atom stereocenters. The van der Waals surface area contributed by atoms with Crippen LogP contribution in [-0.4, -0.2) is 16.5 Å². The zero-order valence-electron chi connectivity index (χ0n) is 11.7. The van der Waals surface area contributed by atoms with Gasteiger partial charge in [-0.15, -0.1) is 11.6 Å². The number of nitrogens with zero attached hydrogens (tertiary/aromatic N) is 3. The minimum absolute atomic E-state index is 0.0580. The highest BCUT2D eigenvalue weighted by Crippen LogP contribution is 2.27. The van der Waals surface area contributed by atoms with Crippen molar-refractivity contribution in [2.24, 2.45) is 0 Å². The van der Waals surface area contributed by atoms with E-state index < -0.39 is 4.92 Å². The minimum atomic E-state index is -0.406. The van der Waals surface area contributed by atoms with Gasteiger partial charge >= 0.3 is 0 Å². The normalized spacial score (nSPS) is 10.4. The quantitative estimate of drug-likeness (QED) is 0.463. The van der Waals surface area contributed by atoms with Crippen LogP contribution in [-0.2, 0) is 12.4 Å². The van der Waals surface area contributed by atoms with Crippen molar-refractivity contribution in [1.29, 1.82) is 0 Å². The first-order chi connectivity index (χ1) is 10.2. The molecule has 0 radical (unpaired) electrons. The third-order valence-electron chi connectivity index (χ3n) is 3.23. The molecular formula is C15H16ClN3O2. The summed E-state index contributed by atoms with van der Waals surface area (Å²) in [5, 5.41) is 10.9. The number of hydrogen-bond donors (Lipinski definition) is 0. The Balaban J connectivity index is 2.28. The summed E-state index contributed by atoms with van der Waals surface area (Å²) in [5.41, 5.74) is 2.44. The van der Waals surface area contributed by atoms with E-state index in [1.807, 2.05) is 25.1 Å². The van der Waals surface area contributed by atoms with Gasteiger partial charge in [0.15, 0.2) is 0 Å². The Morgan fingerprint density at radius 2 is 2.14 bits per heavy atom. The highest BCUT2D eigenvalue weighted by atomic mass is 35.5. The molecule has 1 aromatic carbocycles. The standard InChI is InChI=1S/C15H16ClN3O2/c1-2-18(11-13-5-3-4-8-17-13)14-6-7-15(19(20)21)12(9-14)10-16/h3-9H,2,10-11H2,1H3. The molecule has 5 nitrogen and oxygen atoms in total. The molecule has 1 heterocycles. The number of rotatable bonds is 6. The van der Waals surface area contributed by atoms with Crippen LogP contribution in [0.15, 0.2) is 42.6 Å². The van der Waals surface area contributed by atoms with Crippen molar-refractivity contribution in [2.45, 2.75) is 19.3 Å². The lowest BCUT2D eigenvalue weighted by atomic mass is 10.1. The van der Waals surface area contributed by atoms with Crippen LogP contribution in [0.4, 0.5) is 11.4 Å². The number of benzene rings is 1. The van der Waals surface area contributed by atoms with Crippen LogP contribution in [0.2, 0.25) is 0 Å².